The first kappa shape index (κ1) is 27.5. The molecule has 0 saturated heterocycles. The summed E-state index contributed by atoms with van der Waals surface area (Å²) in [4.78, 5) is 35.2. The molecular weight excluding hydrogens is 498 g/mol. The number of alkyl halides is 2. The lowest BCUT2D eigenvalue weighted by molar-refractivity contribution is -0.131. The molecule has 0 bridgehead atoms. The third-order valence-corrected chi connectivity index (χ3v) is 5.17. The van der Waals surface area contributed by atoms with Crippen molar-refractivity contribution >= 4 is 17.9 Å². The zero-order valence-corrected chi connectivity index (χ0v) is 20.2. The van der Waals surface area contributed by atoms with Crippen molar-refractivity contribution in [1.82, 2.24) is 0 Å². The zero-order valence-electron chi connectivity index (χ0n) is 20.2. The highest BCUT2D eigenvalue weighted by Gasteiger charge is 2.20. The first-order valence-corrected chi connectivity index (χ1v) is 11.0. The quantitative estimate of drug-likeness (QED) is 0.178. The van der Waals surface area contributed by atoms with E-state index in [0.29, 0.717) is 11.1 Å². The number of carbonyl (C=O) groups is 3. The highest BCUT2D eigenvalue weighted by molar-refractivity contribution is 5.87. The van der Waals surface area contributed by atoms with Crippen molar-refractivity contribution in [1.29, 1.82) is 0 Å². The van der Waals surface area contributed by atoms with Crippen LogP contribution in [0.4, 0.5) is 8.78 Å². The fourth-order valence-electron chi connectivity index (χ4n) is 3.41. The maximum absolute atomic E-state index is 14.2. The van der Waals surface area contributed by atoms with Crippen LogP contribution in [0, 0.1) is 0 Å². The standard InChI is InChI=1S/C29H22F2O7/c1-5-26(32)36-23-13-10-19(16-25(23)38-28(34)7-3)20-11-8-17(14-21(20)29(30)31)18-9-12-22(35-4)24(15-18)37-27(33)6-2/h5-16,29H,1-3H2,4H3. The summed E-state index contributed by atoms with van der Waals surface area (Å²) >= 11 is 0. The Balaban J connectivity index is 2.09. The molecule has 3 aromatic carbocycles. The highest BCUT2D eigenvalue weighted by Crippen LogP contribution is 2.40. The lowest BCUT2D eigenvalue weighted by Crippen LogP contribution is -2.08. The van der Waals surface area contributed by atoms with Crippen molar-refractivity contribution in [3.8, 4) is 45.3 Å². The predicted octanol–water partition coefficient (Wildman–Crippen LogP) is 6.24. The van der Waals surface area contributed by atoms with E-state index in [4.69, 9.17) is 18.9 Å². The lowest BCUT2D eigenvalue weighted by Gasteiger charge is -2.15. The van der Waals surface area contributed by atoms with Gasteiger partial charge in [-0.05, 0) is 52.6 Å². The molecule has 194 valence electrons. The molecule has 0 heterocycles. The number of carbonyl (C=O) groups excluding carboxylic acids is 3. The van der Waals surface area contributed by atoms with E-state index >= 15 is 0 Å². The molecule has 0 atom stereocenters. The molecule has 3 rings (SSSR count). The van der Waals surface area contributed by atoms with Gasteiger partial charge in [0.15, 0.2) is 23.0 Å². The highest BCUT2D eigenvalue weighted by atomic mass is 19.3. The fraction of sp³-hybridized carbons (Fsp3) is 0.0690. The summed E-state index contributed by atoms with van der Waals surface area (Å²) in [6, 6.07) is 13.1. The van der Waals surface area contributed by atoms with Crippen LogP contribution in [0.25, 0.3) is 22.3 Å². The van der Waals surface area contributed by atoms with Crippen LogP contribution in [0.1, 0.15) is 12.0 Å². The third-order valence-electron chi connectivity index (χ3n) is 5.17. The number of rotatable bonds is 10. The summed E-state index contributed by atoms with van der Waals surface area (Å²) < 4.78 is 49.0. The number of hydrogen-bond acceptors (Lipinski definition) is 7. The van der Waals surface area contributed by atoms with Gasteiger partial charge < -0.3 is 18.9 Å². The summed E-state index contributed by atoms with van der Waals surface area (Å²) in [5, 5.41) is 0. The number of benzene rings is 3. The van der Waals surface area contributed by atoms with Crippen molar-refractivity contribution in [2.75, 3.05) is 7.11 Å². The Hall–Kier alpha value is -5.05. The van der Waals surface area contributed by atoms with Crippen molar-refractivity contribution in [3.05, 3.63) is 98.1 Å². The second-order valence-electron chi connectivity index (χ2n) is 7.51. The first-order chi connectivity index (χ1) is 18.2. The molecule has 0 fully saturated rings. The van der Waals surface area contributed by atoms with Gasteiger partial charge in [-0.15, -0.1) is 0 Å². The van der Waals surface area contributed by atoms with Gasteiger partial charge in [0, 0.05) is 23.8 Å². The minimum atomic E-state index is -2.88. The number of hydrogen-bond donors (Lipinski definition) is 0. The van der Waals surface area contributed by atoms with Crippen LogP contribution in [0.2, 0.25) is 0 Å². The van der Waals surface area contributed by atoms with Gasteiger partial charge in [0.2, 0.25) is 0 Å². The van der Waals surface area contributed by atoms with Gasteiger partial charge in [-0.2, -0.15) is 0 Å². The average molecular weight is 520 g/mol. The van der Waals surface area contributed by atoms with Crippen molar-refractivity contribution in [2.24, 2.45) is 0 Å². The molecule has 38 heavy (non-hydrogen) atoms. The minimum absolute atomic E-state index is 0.0934. The Morgan fingerprint density at radius 1 is 0.658 bits per heavy atom. The van der Waals surface area contributed by atoms with Crippen LogP contribution in [0.5, 0.6) is 23.0 Å². The molecule has 3 aromatic rings. The van der Waals surface area contributed by atoms with Crippen LogP contribution >= 0.6 is 0 Å². The van der Waals surface area contributed by atoms with Gasteiger partial charge in [-0.25, -0.2) is 23.2 Å². The van der Waals surface area contributed by atoms with Gasteiger partial charge in [0.1, 0.15) is 0 Å². The lowest BCUT2D eigenvalue weighted by atomic mass is 9.94. The molecule has 0 aromatic heterocycles. The third kappa shape index (κ3) is 6.38. The monoisotopic (exact) mass is 520 g/mol. The van der Waals surface area contributed by atoms with E-state index in [2.05, 4.69) is 19.7 Å². The van der Waals surface area contributed by atoms with Crippen LogP contribution < -0.4 is 18.9 Å². The maximum Gasteiger partial charge on any atom is 0.335 e. The average Bonchev–Trinajstić information content (AvgIpc) is 2.93. The normalized spacial score (nSPS) is 10.3. The van der Waals surface area contributed by atoms with Crippen LogP contribution in [0.3, 0.4) is 0 Å². The fourth-order valence-corrected chi connectivity index (χ4v) is 3.41. The molecule has 0 amide bonds. The van der Waals surface area contributed by atoms with Gasteiger partial charge >= 0.3 is 17.9 Å². The summed E-state index contributed by atoms with van der Waals surface area (Å²) in [6.07, 6.45) is -0.0665. The van der Waals surface area contributed by atoms with Gasteiger partial charge in [-0.1, -0.05) is 44.0 Å². The molecule has 0 saturated carbocycles. The largest absolute Gasteiger partial charge is 0.493 e. The molecule has 0 aliphatic heterocycles. The zero-order chi connectivity index (χ0) is 27.8. The van der Waals surface area contributed by atoms with E-state index < -0.39 is 24.3 Å². The Morgan fingerprint density at radius 3 is 1.66 bits per heavy atom. The van der Waals surface area contributed by atoms with E-state index in [9.17, 15) is 23.2 Å². The summed E-state index contributed by atoms with van der Waals surface area (Å²) in [6.45, 7) is 9.98. The molecule has 0 aliphatic carbocycles. The van der Waals surface area contributed by atoms with E-state index in [1.165, 1.54) is 43.5 Å². The summed E-state index contributed by atoms with van der Waals surface area (Å²) in [5.74, 6) is -2.26. The maximum atomic E-state index is 14.2. The van der Waals surface area contributed by atoms with E-state index in [1.807, 2.05) is 0 Å². The van der Waals surface area contributed by atoms with Crippen molar-refractivity contribution in [2.45, 2.75) is 6.43 Å². The predicted molar refractivity (Wildman–Crippen MR) is 136 cm³/mol. The number of methoxy groups -OCH3 is 1. The van der Waals surface area contributed by atoms with Gasteiger partial charge in [-0.3, -0.25) is 0 Å². The van der Waals surface area contributed by atoms with Crippen LogP contribution in [-0.4, -0.2) is 25.0 Å². The van der Waals surface area contributed by atoms with E-state index in [0.717, 1.165) is 18.2 Å². The molecule has 7 nitrogen and oxygen atoms in total. The van der Waals surface area contributed by atoms with Gasteiger partial charge in [0.25, 0.3) is 6.43 Å². The molecule has 0 radical (unpaired) electrons. The molecular formula is C29H22F2O7. The molecule has 0 N–H and O–H groups in total. The minimum Gasteiger partial charge on any atom is -0.493 e. The Kier molecular flexibility index (Phi) is 8.89. The molecule has 0 aliphatic rings. The number of esters is 3. The summed E-state index contributed by atoms with van der Waals surface area (Å²) in [5.41, 5.74) is 0.996. The van der Waals surface area contributed by atoms with E-state index in [-0.39, 0.29) is 39.7 Å². The van der Waals surface area contributed by atoms with Crippen molar-refractivity contribution in [3.63, 3.8) is 0 Å². The number of halogens is 2. The molecule has 0 unspecified atom stereocenters. The van der Waals surface area contributed by atoms with E-state index in [1.54, 1.807) is 18.2 Å². The topological polar surface area (TPSA) is 88.1 Å². The summed E-state index contributed by atoms with van der Waals surface area (Å²) in [7, 11) is 1.40. The molecule has 9 heteroatoms. The molecule has 0 spiro atoms. The second kappa shape index (κ2) is 12.3. The van der Waals surface area contributed by atoms with Crippen LogP contribution in [-0.2, 0) is 14.4 Å². The Labute approximate surface area is 217 Å². The smallest absolute Gasteiger partial charge is 0.335 e. The number of ether oxygens (including phenoxy) is 4. The van der Waals surface area contributed by atoms with Gasteiger partial charge in [0.05, 0.1) is 7.11 Å². The SMILES string of the molecule is C=CC(=O)Oc1cc(-c2ccc(-c3ccc(OC(=O)C=C)c(OC(=O)C=C)c3)c(C(F)F)c2)ccc1OC. The Bertz CT molecular complexity index is 1430. The second-order valence-corrected chi connectivity index (χ2v) is 7.51. The Morgan fingerprint density at radius 2 is 1.11 bits per heavy atom. The van der Waals surface area contributed by atoms with Crippen molar-refractivity contribution < 1.29 is 42.1 Å². The van der Waals surface area contributed by atoms with Crippen LogP contribution in [0.15, 0.2) is 92.6 Å². The first-order valence-electron chi connectivity index (χ1n) is 11.0.